The Balaban J connectivity index is 1.67. The van der Waals surface area contributed by atoms with Crippen LogP contribution in [-0.4, -0.2) is 61.0 Å². The van der Waals surface area contributed by atoms with E-state index in [4.69, 9.17) is 0 Å². The molecule has 4 nitrogen and oxygen atoms in total. The largest absolute Gasteiger partial charge is 0.337 e. The van der Waals surface area contributed by atoms with E-state index in [-0.39, 0.29) is 11.5 Å². The van der Waals surface area contributed by atoms with Crippen molar-refractivity contribution in [1.82, 2.24) is 15.1 Å². The molecule has 0 bridgehead atoms. The number of nitrogens with one attached hydrogen (secondary N) is 1. The van der Waals surface area contributed by atoms with Crippen LogP contribution in [0.5, 0.6) is 0 Å². The summed E-state index contributed by atoms with van der Waals surface area (Å²) >= 11 is 0. The second kappa shape index (κ2) is 6.12. The fourth-order valence-corrected chi connectivity index (χ4v) is 3.24. The highest BCUT2D eigenvalue weighted by molar-refractivity contribution is 5.94. The van der Waals surface area contributed by atoms with Crippen molar-refractivity contribution in [3.8, 4) is 0 Å². The first-order valence-corrected chi connectivity index (χ1v) is 7.65. The van der Waals surface area contributed by atoms with E-state index in [1.807, 2.05) is 6.92 Å². The Kier molecular flexibility index (Phi) is 4.22. The molecule has 0 radical (unpaired) electrons. The molecule has 2 heterocycles. The number of likely N-dealkylation sites (tertiary alicyclic amines) is 1. The van der Waals surface area contributed by atoms with Crippen LogP contribution in [0.15, 0.2) is 18.2 Å². The van der Waals surface area contributed by atoms with Crippen molar-refractivity contribution in [2.24, 2.45) is 0 Å². The summed E-state index contributed by atoms with van der Waals surface area (Å²) in [6.07, 6.45) is 0.985. The number of amides is 1. The van der Waals surface area contributed by atoms with Crippen LogP contribution in [-0.2, 0) is 0 Å². The molecule has 0 spiro atoms. The molecule has 1 N–H and O–H groups in total. The van der Waals surface area contributed by atoms with Crippen molar-refractivity contribution in [1.29, 1.82) is 0 Å². The third-order valence-electron chi connectivity index (χ3n) is 4.47. The van der Waals surface area contributed by atoms with Gasteiger partial charge in [0.25, 0.3) is 5.91 Å². The minimum absolute atomic E-state index is 0.172. The summed E-state index contributed by atoms with van der Waals surface area (Å²) < 4.78 is 13.9. The van der Waals surface area contributed by atoms with Crippen molar-refractivity contribution in [3.63, 3.8) is 0 Å². The number of carbonyl (C=O) groups is 1. The van der Waals surface area contributed by atoms with Gasteiger partial charge in [0.15, 0.2) is 0 Å². The van der Waals surface area contributed by atoms with Gasteiger partial charge in [-0.15, -0.1) is 0 Å². The third kappa shape index (κ3) is 3.09. The first-order chi connectivity index (χ1) is 10.1. The first kappa shape index (κ1) is 14.5. The van der Waals surface area contributed by atoms with E-state index < -0.39 is 5.82 Å². The van der Waals surface area contributed by atoms with Gasteiger partial charge >= 0.3 is 0 Å². The lowest BCUT2D eigenvalue weighted by Crippen LogP contribution is -2.49. The second-order valence-corrected chi connectivity index (χ2v) is 5.96. The van der Waals surface area contributed by atoms with Gasteiger partial charge < -0.3 is 10.2 Å². The number of hydrogen-bond acceptors (Lipinski definition) is 3. The van der Waals surface area contributed by atoms with E-state index in [1.54, 1.807) is 17.0 Å². The van der Waals surface area contributed by atoms with E-state index >= 15 is 0 Å². The molecule has 2 saturated heterocycles. The van der Waals surface area contributed by atoms with Crippen molar-refractivity contribution in [2.45, 2.75) is 19.4 Å². The maximum atomic E-state index is 13.9. The number of halogens is 1. The van der Waals surface area contributed by atoms with Gasteiger partial charge in [-0.3, -0.25) is 9.69 Å². The Morgan fingerprint density at radius 3 is 2.81 bits per heavy atom. The van der Waals surface area contributed by atoms with Crippen LogP contribution in [0.4, 0.5) is 4.39 Å². The number of benzene rings is 1. The minimum Gasteiger partial charge on any atom is -0.337 e. The van der Waals surface area contributed by atoms with Gasteiger partial charge in [0.05, 0.1) is 5.56 Å². The standard InChI is InChI=1S/C16H22FN3O/c1-12-2-3-15(17)14(10-12)16(21)20-7-4-13(11-20)19-8-5-18-6-9-19/h2-3,10,13,18H,4-9,11H2,1H3. The molecule has 0 aliphatic carbocycles. The fraction of sp³-hybridized carbons (Fsp3) is 0.562. The number of hydrogen-bond donors (Lipinski definition) is 1. The van der Waals surface area contributed by atoms with Crippen molar-refractivity contribution in [3.05, 3.63) is 35.1 Å². The lowest BCUT2D eigenvalue weighted by molar-refractivity contribution is 0.0769. The first-order valence-electron chi connectivity index (χ1n) is 7.65. The van der Waals surface area contributed by atoms with E-state index in [1.165, 1.54) is 6.07 Å². The highest BCUT2D eigenvalue weighted by Gasteiger charge is 2.32. The second-order valence-electron chi connectivity index (χ2n) is 5.96. The van der Waals surface area contributed by atoms with Gasteiger partial charge in [0, 0.05) is 45.3 Å². The Morgan fingerprint density at radius 2 is 2.05 bits per heavy atom. The zero-order valence-electron chi connectivity index (χ0n) is 12.4. The van der Waals surface area contributed by atoms with E-state index in [0.29, 0.717) is 12.6 Å². The Labute approximate surface area is 124 Å². The normalized spacial score (nSPS) is 23.5. The summed E-state index contributed by atoms with van der Waals surface area (Å²) in [5, 5.41) is 3.34. The highest BCUT2D eigenvalue weighted by atomic mass is 19.1. The third-order valence-corrected chi connectivity index (χ3v) is 4.47. The molecule has 1 amide bonds. The maximum absolute atomic E-state index is 13.9. The van der Waals surface area contributed by atoms with Gasteiger partial charge in [-0.25, -0.2) is 4.39 Å². The van der Waals surface area contributed by atoms with Crippen molar-refractivity contribution >= 4 is 5.91 Å². The molecule has 21 heavy (non-hydrogen) atoms. The number of rotatable bonds is 2. The van der Waals surface area contributed by atoms with Crippen LogP contribution < -0.4 is 5.32 Å². The van der Waals surface area contributed by atoms with Gasteiger partial charge in [-0.2, -0.15) is 0 Å². The predicted octanol–water partition coefficient (Wildman–Crippen LogP) is 1.25. The average molecular weight is 291 g/mol. The minimum atomic E-state index is -0.420. The van der Waals surface area contributed by atoms with Crippen molar-refractivity contribution in [2.75, 3.05) is 39.3 Å². The smallest absolute Gasteiger partial charge is 0.256 e. The number of carbonyl (C=O) groups excluding carboxylic acids is 1. The monoisotopic (exact) mass is 291 g/mol. The lowest BCUT2D eigenvalue weighted by atomic mass is 10.1. The number of piperazine rings is 1. The molecule has 0 saturated carbocycles. The van der Waals surface area contributed by atoms with Crippen LogP contribution >= 0.6 is 0 Å². The van der Waals surface area contributed by atoms with E-state index in [9.17, 15) is 9.18 Å². The molecule has 5 heteroatoms. The van der Waals surface area contributed by atoms with Crippen LogP contribution in [0.1, 0.15) is 22.3 Å². The fourth-order valence-electron chi connectivity index (χ4n) is 3.24. The molecule has 114 valence electrons. The van der Waals surface area contributed by atoms with Gasteiger partial charge in [0.1, 0.15) is 5.82 Å². The Hall–Kier alpha value is -1.46. The van der Waals surface area contributed by atoms with Gasteiger partial charge in [-0.05, 0) is 25.5 Å². The molecule has 2 fully saturated rings. The molecule has 1 aromatic carbocycles. The molecule has 1 atom stereocenters. The van der Waals surface area contributed by atoms with E-state index in [2.05, 4.69) is 10.2 Å². The molecular formula is C16H22FN3O. The van der Waals surface area contributed by atoms with Crippen molar-refractivity contribution < 1.29 is 9.18 Å². The zero-order chi connectivity index (χ0) is 14.8. The quantitative estimate of drug-likeness (QED) is 0.891. The van der Waals surface area contributed by atoms with Crippen LogP contribution in [0.2, 0.25) is 0 Å². The molecule has 2 aliphatic heterocycles. The zero-order valence-corrected chi connectivity index (χ0v) is 12.4. The molecular weight excluding hydrogens is 269 g/mol. The molecule has 3 rings (SSSR count). The summed E-state index contributed by atoms with van der Waals surface area (Å²) in [6.45, 7) is 7.40. The van der Waals surface area contributed by atoms with Crippen LogP contribution in [0, 0.1) is 12.7 Å². The number of aryl methyl sites for hydroxylation is 1. The highest BCUT2D eigenvalue weighted by Crippen LogP contribution is 2.20. The van der Waals surface area contributed by atoms with Gasteiger partial charge in [-0.1, -0.05) is 11.6 Å². The average Bonchev–Trinajstić information content (AvgIpc) is 3.00. The summed E-state index contributed by atoms with van der Waals surface area (Å²) in [5.74, 6) is -0.593. The molecule has 1 aromatic rings. The van der Waals surface area contributed by atoms with Crippen LogP contribution in [0.3, 0.4) is 0 Å². The predicted molar refractivity (Wildman–Crippen MR) is 79.9 cm³/mol. The molecule has 0 aromatic heterocycles. The maximum Gasteiger partial charge on any atom is 0.256 e. The SMILES string of the molecule is Cc1ccc(F)c(C(=O)N2CCC(N3CCNCC3)C2)c1. The number of nitrogens with zero attached hydrogens (tertiary/aromatic N) is 2. The van der Waals surface area contributed by atoms with Gasteiger partial charge in [0.2, 0.25) is 0 Å². The summed E-state index contributed by atoms with van der Waals surface area (Å²) in [4.78, 5) is 16.7. The summed E-state index contributed by atoms with van der Waals surface area (Å²) in [6, 6.07) is 5.14. The lowest BCUT2D eigenvalue weighted by Gasteiger charge is -2.32. The summed E-state index contributed by atoms with van der Waals surface area (Å²) in [5.41, 5.74) is 1.12. The Morgan fingerprint density at radius 1 is 1.29 bits per heavy atom. The topological polar surface area (TPSA) is 35.6 Å². The Bertz CT molecular complexity index is 528. The van der Waals surface area contributed by atoms with Crippen LogP contribution in [0.25, 0.3) is 0 Å². The molecule has 1 unspecified atom stereocenters. The molecule has 2 aliphatic rings. The summed E-state index contributed by atoms with van der Waals surface area (Å²) in [7, 11) is 0. The van der Waals surface area contributed by atoms with E-state index in [0.717, 1.165) is 44.7 Å².